The van der Waals surface area contributed by atoms with Crippen molar-refractivity contribution in [2.45, 2.75) is 19.6 Å². The SMILES string of the molecule is CC(C#Cc1ccccc1)ONC(=O)OCc1ccccc1. The molecule has 4 nitrogen and oxygen atoms in total. The summed E-state index contributed by atoms with van der Waals surface area (Å²) in [6.45, 7) is 1.94. The molecule has 0 heterocycles. The van der Waals surface area contributed by atoms with Crippen LogP contribution in [0, 0.1) is 11.8 Å². The lowest BCUT2D eigenvalue weighted by Gasteiger charge is -2.08. The van der Waals surface area contributed by atoms with Crippen LogP contribution < -0.4 is 5.48 Å². The van der Waals surface area contributed by atoms with Gasteiger partial charge in [0, 0.05) is 5.56 Å². The first-order valence-corrected chi connectivity index (χ1v) is 6.93. The predicted octanol–water partition coefficient (Wildman–Crippen LogP) is 3.28. The highest BCUT2D eigenvalue weighted by molar-refractivity contribution is 5.65. The van der Waals surface area contributed by atoms with Crippen LogP contribution in [0.3, 0.4) is 0 Å². The molecular weight excluding hydrogens is 278 g/mol. The number of carbonyl (C=O) groups excluding carboxylic acids is 1. The van der Waals surface area contributed by atoms with Crippen molar-refractivity contribution in [3.8, 4) is 11.8 Å². The van der Waals surface area contributed by atoms with Crippen molar-refractivity contribution in [3.63, 3.8) is 0 Å². The third kappa shape index (κ3) is 5.70. The average molecular weight is 295 g/mol. The quantitative estimate of drug-likeness (QED) is 0.695. The molecule has 4 heteroatoms. The number of nitrogens with one attached hydrogen (secondary N) is 1. The van der Waals surface area contributed by atoms with E-state index in [1.165, 1.54) is 0 Å². The molecule has 0 bridgehead atoms. The summed E-state index contributed by atoms with van der Waals surface area (Å²) in [6.07, 6.45) is -1.08. The highest BCUT2D eigenvalue weighted by Crippen LogP contribution is 2.00. The summed E-state index contributed by atoms with van der Waals surface area (Å²) in [5.74, 6) is 5.84. The van der Waals surface area contributed by atoms with Crippen molar-refractivity contribution in [1.29, 1.82) is 0 Å². The summed E-state index contributed by atoms with van der Waals surface area (Å²) in [5, 5.41) is 0. The van der Waals surface area contributed by atoms with E-state index < -0.39 is 12.2 Å². The molecule has 22 heavy (non-hydrogen) atoms. The van der Waals surface area contributed by atoms with Crippen LogP contribution in [0.5, 0.6) is 0 Å². The van der Waals surface area contributed by atoms with Gasteiger partial charge in [0.15, 0.2) is 0 Å². The molecular formula is C18H17NO3. The number of rotatable bonds is 4. The summed E-state index contributed by atoms with van der Waals surface area (Å²) < 4.78 is 5.02. The van der Waals surface area contributed by atoms with Crippen LogP contribution in [0.25, 0.3) is 0 Å². The maximum atomic E-state index is 11.5. The molecule has 1 atom stereocenters. The fourth-order valence-electron chi connectivity index (χ4n) is 1.62. The number of ether oxygens (including phenoxy) is 1. The number of hydrogen-bond acceptors (Lipinski definition) is 3. The minimum absolute atomic E-state index is 0.195. The van der Waals surface area contributed by atoms with Crippen molar-refractivity contribution < 1.29 is 14.4 Å². The predicted molar refractivity (Wildman–Crippen MR) is 83.6 cm³/mol. The molecule has 0 spiro atoms. The van der Waals surface area contributed by atoms with Gasteiger partial charge < -0.3 is 4.74 Å². The van der Waals surface area contributed by atoms with Crippen LogP contribution in [-0.4, -0.2) is 12.2 Å². The molecule has 1 amide bonds. The molecule has 0 aliphatic heterocycles. The third-order valence-electron chi connectivity index (χ3n) is 2.73. The summed E-state index contributed by atoms with van der Waals surface area (Å²) in [5.41, 5.74) is 4.03. The second kappa shape index (κ2) is 8.50. The molecule has 1 unspecified atom stereocenters. The number of hydrogen-bond donors (Lipinski definition) is 1. The smallest absolute Gasteiger partial charge is 0.431 e. The molecule has 2 aromatic rings. The van der Waals surface area contributed by atoms with E-state index in [0.29, 0.717) is 0 Å². The Hall–Kier alpha value is -2.77. The van der Waals surface area contributed by atoms with Gasteiger partial charge in [-0.1, -0.05) is 60.4 Å². The Labute approximate surface area is 130 Å². The Bertz CT molecular complexity index is 644. The topological polar surface area (TPSA) is 47.6 Å². The van der Waals surface area contributed by atoms with Crippen molar-refractivity contribution in [2.75, 3.05) is 0 Å². The zero-order chi connectivity index (χ0) is 15.6. The summed E-state index contributed by atoms with van der Waals surface area (Å²) in [4.78, 5) is 16.6. The average Bonchev–Trinajstić information content (AvgIpc) is 2.58. The van der Waals surface area contributed by atoms with Gasteiger partial charge in [-0.15, -0.1) is 0 Å². The zero-order valence-corrected chi connectivity index (χ0v) is 12.3. The molecule has 0 aliphatic rings. The molecule has 0 aromatic heterocycles. The monoisotopic (exact) mass is 295 g/mol. The lowest BCUT2D eigenvalue weighted by Crippen LogP contribution is -2.28. The van der Waals surface area contributed by atoms with Gasteiger partial charge in [-0.2, -0.15) is 5.48 Å². The third-order valence-corrected chi connectivity index (χ3v) is 2.73. The molecule has 1 N–H and O–H groups in total. The van der Waals surface area contributed by atoms with Gasteiger partial charge in [0.05, 0.1) is 0 Å². The van der Waals surface area contributed by atoms with Gasteiger partial charge in [-0.3, -0.25) is 4.84 Å². The van der Waals surface area contributed by atoms with E-state index in [9.17, 15) is 4.79 Å². The van der Waals surface area contributed by atoms with E-state index in [1.54, 1.807) is 6.92 Å². The second-order valence-corrected chi connectivity index (χ2v) is 4.56. The lowest BCUT2D eigenvalue weighted by molar-refractivity contribution is 0.00658. The molecule has 0 fully saturated rings. The Morgan fingerprint density at radius 1 is 1.09 bits per heavy atom. The number of benzene rings is 2. The Morgan fingerprint density at radius 3 is 2.41 bits per heavy atom. The first-order chi connectivity index (χ1) is 10.7. The molecule has 0 saturated carbocycles. The molecule has 2 aromatic carbocycles. The maximum absolute atomic E-state index is 11.5. The van der Waals surface area contributed by atoms with E-state index in [0.717, 1.165) is 11.1 Å². The van der Waals surface area contributed by atoms with Crippen molar-refractivity contribution in [2.24, 2.45) is 0 Å². The summed E-state index contributed by atoms with van der Waals surface area (Å²) >= 11 is 0. The minimum atomic E-state index is -0.641. The molecule has 0 radical (unpaired) electrons. The highest BCUT2D eigenvalue weighted by atomic mass is 16.7. The minimum Gasteiger partial charge on any atom is -0.443 e. The van der Waals surface area contributed by atoms with Gasteiger partial charge in [0.25, 0.3) is 0 Å². The molecule has 2 rings (SSSR count). The van der Waals surface area contributed by atoms with Gasteiger partial charge in [0.2, 0.25) is 0 Å². The lowest BCUT2D eigenvalue weighted by atomic mass is 10.2. The zero-order valence-electron chi connectivity index (χ0n) is 12.3. The Morgan fingerprint density at radius 2 is 1.73 bits per heavy atom. The van der Waals surface area contributed by atoms with Gasteiger partial charge >= 0.3 is 6.09 Å². The van der Waals surface area contributed by atoms with E-state index in [1.807, 2.05) is 60.7 Å². The van der Waals surface area contributed by atoms with Crippen LogP contribution in [0.15, 0.2) is 60.7 Å². The largest absolute Gasteiger partial charge is 0.443 e. The van der Waals surface area contributed by atoms with Crippen LogP contribution in [-0.2, 0) is 16.2 Å². The van der Waals surface area contributed by atoms with E-state index in [2.05, 4.69) is 17.3 Å². The van der Waals surface area contributed by atoms with Crippen LogP contribution in [0.2, 0.25) is 0 Å². The number of amides is 1. The first-order valence-electron chi connectivity index (χ1n) is 6.93. The fraction of sp³-hybridized carbons (Fsp3) is 0.167. The second-order valence-electron chi connectivity index (χ2n) is 4.56. The van der Waals surface area contributed by atoms with Gasteiger partial charge in [0.1, 0.15) is 12.7 Å². The Balaban J connectivity index is 1.71. The first kappa shape index (κ1) is 15.6. The molecule has 0 saturated heterocycles. The highest BCUT2D eigenvalue weighted by Gasteiger charge is 2.04. The van der Waals surface area contributed by atoms with E-state index in [4.69, 9.17) is 9.57 Å². The number of carbonyl (C=O) groups is 1. The van der Waals surface area contributed by atoms with Gasteiger partial charge in [-0.05, 0) is 24.6 Å². The standard InChI is InChI=1S/C18H17NO3/c1-15(12-13-16-8-4-2-5-9-16)22-19-18(20)21-14-17-10-6-3-7-11-17/h2-11,15H,14H2,1H3,(H,19,20). The van der Waals surface area contributed by atoms with Crippen LogP contribution in [0.4, 0.5) is 4.79 Å². The van der Waals surface area contributed by atoms with E-state index in [-0.39, 0.29) is 6.61 Å². The molecule has 0 aliphatic carbocycles. The normalized spacial score (nSPS) is 11.0. The van der Waals surface area contributed by atoms with Crippen LogP contribution >= 0.6 is 0 Å². The van der Waals surface area contributed by atoms with E-state index >= 15 is 0 Å². The van der Waals surface area contributed by atoms with Gasteiger partial charge in [-0.25, -0.2) is 4.79 Å². The maximum Gasteiger partial charge on any atom is 0.431 e. The van der Waals surface area contributed by atoms with Crippen molar-refractivity contribution >= 4 is 6.09 Å². The Kier molecular flexibility index (Phi) is 6.03. The van der Waals surface area contributed by atoms with Crippen molar-refractivity contribution in [1.82, 2.24) is 5.48 Å². The number of hydroxylamine groups is 1. The molecule has 112 valence electrons. The fourth-order valence-corrected chi connectivity index (χ4v) is 1.62. The summed E-state index contributed by atoms with van der Waals surface area (Å²) in [7, 11) is 0. The van der Waals surface area contributed by atoms with Crippen molar-refractivity contribution in [3.05, 3.63) is 71.8 Å². The summed E-state index contributed by atoms with van der Waals surface area (Å²) in [6, 6.07) is 19.0. The van der Waals surface area contributed by atoms with Crippen LogP contribution in [0.1, 0.15) is 18.1 Å².